The predicted molar refractivity (Wildman–Crippen MR) is 56.0 cm³/mol. The molecule has 0 radical (unpaired) electrons. The smallest absolute Gasteiger partial charge is 0.153 e. The normalized spacial score (nSPS) is 13.1. The molecule has 0 aliphatic carbocycles. The summed E-state index contributed by atoms with van der Waals surface area (Å²) in [7, 11) is 1.89. The molecule has 0 fully saturated rings. The minimum absolute atomic E-state index is 0.136. The maximum absolute atomic E-state index is 5.69. The Kier molecular flexibility index (Phi) is 2.32. The molecule has 5 nitrogen and oxygen atoms in total. The third-order valence-corrected chi connectivity index (χ3v) is 2.49. The predicted octanol–water partition coefficient (Wildman–Crippen LogP) is 1.40. The third kappa shape index (κ3) is 1.66. The molecule has 2 aromatic rings. The van der Waals surface area contributed by atoms with Gasteiger partial charge in [-0.3, -0.25) is 4.68 Å². The molecule has 2 heterocycles. The molecular weight excluding hydrogens is 192 g/mol. The first-order valence-electron chi connectivity index (χ1n) is 4.80. The number of aryl methyl sites for hydroxylation is 1. The summed E-state index contributed by atoms with van der Waals surface area (Å²) in [4.78, 5) is 0. The Morgan fingerprint density at radius 1 is 1.53 bits per heavy atom. The van der Waals surface area contributed by atoms with Gasteiger partial charge in [-0.05, 0) is 13.8 Å². The molecule has 0 saturated heterocycles. The summed E-state index contributed by atoms with van der Waals surface area (Å²) < 4.78 is 6.93. The van der Waals surface area contributed by atoms with Gasteiger partial charge in [-0.1, -0.05) is 5.16 Å². The van der Waals surface area contributed by atoms with Crippen molar-refractivity contribution in [2.75, 3.05) is 0 Å². The van der Waals surface area contributed by atoms with E-state index >= 15 is 0 Å². The van der Waals surface area contributed by atoms with Crippen LogP contribution in [0.5, 0.6) is 0 Å². The molecule has 80 valence electrons. The largest absolute Gasteiger partial charge is 0.359 e. The summed E-state index contributed by atoms with van der Waals surface area (Å²) in [6.07, 6.45) is 1.78. The number of rotatable bonds is 2. The summed E-state index contributed by atoms with van der Waals surface area (Å²) in [5.41, 5.74) is 8.51. The first kappa shape index (κ1) is 9.92. The Balaban J connectivity index is 2.41. The lowest BCUT2D eigenvalue weighted by Gasteiger charge is -1.95. The van der Waals surface area contributed by atoms with E-state index in [4.69, 9.17) is 10.3 Å². The lowest BCUT2D eigenvalue weighted by Crippen LogP contribution is -2.02. The van der Waals surface area contributed by atoms with Crippen molar-refractivity contribution in [3.8, 4) is 11.3 Å². The molecular formula is C10H14N4O. The number of hydrogen-bond acceptors (Lipinski definition) is 4. The van der Waals surface area contributed by atoms with Crippen LogP contribution >= 0.6 is 0 Å². The van der Waals surface area contributed by atoms with Gasteiger partial charge >= 0.3 is 0 Å². The summed E-state index contributed by atoms with van der Waals surface area (Å²) in [5.74, 6) is 0.688. The minimum Gasteiger partial charge on any atom is -0.359 e. The highest BCUT2D eigenvalue weighted by atomic mass is 16.5. The van der Waals surface area contributed by atoms with Crippen LogP contribution in [0.2, 0.25) is 0 Å². The second-order valence-electron chi connectivity index (χ2n) is 3.67. The Morgan fingerprint density at radius 3 is 2.73 bits per heavy atom. The highest BCUT2D eigenvalue weighted by Gasteiger charge is 2.13. The van der Waals surface area contributed by atoms with Gasteiger partial charge in [0.15, 0.2) is 5.76 Å². The van der Waals surface area contributed by atoms with Crippen LogP contribution in [-0.4, -0.2) is 14.9 Å². The molecule has 1 atom stereocenters. The minimum atomic E-state index is -0.136. The Morgan fingerprint density at radius 2 is 2.27 bits per heavy atom. The highest BCUT2D eigenvalue weighted by molar-refractivity contribution is 5.60. The topological polar surface area (TPSA) is 69.9 Å². The van der Waals surface area contributed by atoms with Crippen LogP contribution in [0.1, 0.15) is 24.4 Å². The van der Waals surface area contributed by atoms with Gasteiger partial charge in [0.2, 0.25) is 0 Å². The number of hydrogen-bond donors (Lipinski definition) is 1. The van der Waals surface area contributed by atoms with Crippen LogP contribution in [0.3, 0.4) is 0 Å². The van der Waals surface area contributed by atoms with Crippen LogP contribution < -0.4 is 5.73 Å². The van der Waals surface area contributed by atoms with Gasteiger partial charge in [-0.15, -0.1) is 0 Å². The standard InChI is InChI=1S/C10H14N4O/c1-6(11)10-4-9(13-15-10)8-5-12-14(3)7(8)2/h4-6H,11H2,1-3H3. The Hall–Kier alpha value is -1.62. The van der Waals surface area contributed by atoms with Crippen LogP contribution in [0, 0.1) is 6.92 Å². The molecule has 1 unspecified atom stereocenters. The monoisotopic (exact) mass is 206 g/mol. The number of nitrogens with zero attached hydrogens (tertiary/aromatic N) is 3. The first-order valence-corrected chi connectivity index (χ1v) is 4.80. The van der Waals surface area contributed by atoms with Gasteiger partial charge < -0.3 is 10.3 Å². The molecule has 0 amide bonds. The zero-order chi connectivity index (χ0) is 11.0. The molecule has 0 aliphatic heterocycles. The van der Waals surface area contributed by atoms with E-state index in [1.54, 1.807) is 10.9 Å². The second kappa shape index (κ2) is 3.51. The van der Waals surface area contributed by atoms with Crippen molar-refractivity contribution in [3.05, 3.63) is 23.7 Å². The summed E-state index contributed by atoms with van der Waals surface area (Å²) in [5, 5.41) is 8.12. The van der Waals surface area contributed by atoms with Crippen LogP contribution in [0.4, 0.5) is 0 Å². The summed E-state index contributed by atoms with van der Waals surface area (Å²) in [6.45, 7) is 3.85. The molecule has 0 aliphatic rings. The van der Waals surface area contributed by atoms with Gasteiger partial charge in [0.1, 0.15) is 5.69 Å². The third-order valence-electron chi connectivity index (χ3n) is 2.49. The van der Waals surface area contributed by atoms with Crippen molar-refractivity contribution in [2.45, 2.75) is 19.9 Å². The molecule has 0 bridgehead atoms. The summed E-state index contributed by atoms with van der Waals surface area (Å²) >= 11 is 0. The fourth-order valence-electron chi connectivity index (χ4n) is 1.38. The van der Waals surface area contributed by atoms with E-state index in [2.05, 4.69) is 10.3 Å². The van der Waals surface area contributed by atoms with E-state index in [1.807, 2.05) is 27.0 Å². The van der Waals surface area contributed by atoms with Crippen molar-refractivity contribution in [1.82, 2.24) is 14.9 Å². The van der Waals surface area contributed by atoms with Gasteiger partial charge in [-0.2, -0.15) is 5.10 Å². The lowest BCUT2D eigenvalue weighted by molar-refractivity contribution is 0.369. The van der Waals surface area contributed by atoms with E-state index in [9.17, 15) is 0 Å². The lowest BCUT2D eigenvalue weighted by atomic mass is 10.1. The van der Waals surface area contributed by atoms with E-state index < -0.39 is 0 Å². The summed E-state index contributed by atoms with van der Waals surface area (Å²) in [6, 6.07) is 1.72. The van der Waals surface area contributed by atoms with Crippen molar-refractivity contribution in [2.24, 2.45) is 12.8 Å². The molecule has 0 saturated carbocycles. The molecule has 2 aromatic heterocycles. The average molecular weight is 206 g/mol. The van der Waals surface area contributed by atoms with Crippen molar-refractivity contribution >= 4 is 0 Å². The Bertz CT molecular complexity index is 469. The molecule has 2 rings (SSSR count). The van der Waals surface area contributed by atoms with Crippen LogP contribution in [-0.2, 0) is 7.05 Å². The fourth-order valence-corrected chi connectivity index (χ4v) is 1.38. The highest BCUT2D eigenvalue weighted by Crippen LogP contribution is 2.23. The first-order chi connectivity index (χ1) is 7.09. The van der Waals surface area contributed by atoms with E-state index in [1.165, 1.54) is 0 Å². The molecule has 5 heteroatoms. The van der Waals surface area contributed by atoms with Gasteiger partial charge in [-0.25, -0.2) is 0 Å². The van der Waals surface area contributed by atoms with E-state index in [0.717, 1.165) is 17.0 Å². The SMILES string of the molecule is Cc1c(-c2cc(C(C)N)on2)cnn1C. The number of nitrogens with two attached hydrogens (primary N) is 1. The number of aromatic nitrogens is 3. The van der Waals surface area contributed by atoms with E-state index in [0.29, 0.717) is 5.76 Å². The van der Waals surface area contributed by atoms with Gasteiger partial charge in [0.05, 0.1) is 12.2 Å². The van der Waals surface area contributed by atoms with Crippen molar-refractivity contribution in [1.29, 1.82) is 0 Å². The fraction of sp³-hybridized carbons (Fsp3) is 0.400. The van der Waals surface area contributed by atoms with E-state index in [-0.39, 0.29) is 6.04 Å². The average Bonchev–Trinajstić information content (AvgIpc) is 2.76. The Labute approximate surface area is 87.9 Å². The van der Waals surface area contributed by atoms with Crippen molar-refractivity contribution in [3.63, 3.8) is 0 Å². The molecule has 15 heavy (non-hydrogen) atoms. The van der Waals surface area contributed by atoms with Crippen molar-refractivity contribution < 1.29 is 4.52 Å². The van der Waals surface area contributed by atoms with Gasteiger partial charge in [0, 0.05) is 24.4 Å². The van der Waals surface area contributed by atoms with Gasteiger partial charge in [0.25, 0.3) is 0 Å². The van der Waals surface area contributed by atoms with Crippen LogP contribution in [0.15, 0.2) is 16.8 Å². The maximum Gasteiger partial charge on any atom is 0.153 e. The molecule has 2 N–H and O–H groups in total. The molecule has 0 aromatic carbocycles. The zero-order valence-corrected chi connectivity index (χ0v) is 9.06. The molecule has 0 spiro atoms. The second-order valence-corrected chi connectivity index (χ2v) is 3.67. The zero-order valence-electron chi connectivity index (χ0n) is 9.06. The quantitative estimate of drug-likeness (QED) is 0.806. The van der Waals surface area contributed by atoms with Crippen LogP contribution in [0.25, 0.3) is 11.3 Å². The maximum atomic E-state index is 5.69.